The molecule has 2 amide bonds. The van der Waals surface area contributed by atoms with Crippen LogP contribution < -0.4 is 20.9 Å². The summed E-state index contributed by atoms with van der Waals surface area (Å²) in [6.45, 7) is 3.10. The highest BCUT2D eigenvalue weighted by Gasteiger charge is 2.25. The number of nitrogens with one attached hydrogen (secondary N) is 2. The second kappa shape index (κ2) is 12.6. The number of fused-ring (bicyclic) bond motifs is 1. The van der Waals surface area contributed by atoms with Gasteiger partial charge in [0.2, 0.25) is 17.5 Å². The van der Waals surface area contributed by atoms with Crippen LogP contribution in [0.3, 0.4) is 0 Å². The molecule has 13 nitrogen and oxygen atoms in total. The van der Waals surface area contributed by atoms with Crippen LogP contribution in [0, 0.1) is 12.7 Å². The van der Waals surface area contributed by atoms with E-state index in [1.54, 1.807) is 66.9 Å². The summed E-state index contributed by atoms with van der Waals surface area (Å²) in [6, 6.07) is 19.3. The number of furan rings is 1. The monoisotopic (exact) mass is 672 g/mol. The van der Waals surface area contributed by atoms with Crippen molar-refractivity contribution in [3.63, 3.8) is 0 Å². The third-order valence-corrected chi connectivity index (χ3v) is 8.07. The number of carbonyl (C=O) groups excluding carboxylic acids is 2. The molecule has 0 fully saturated rings. The molecule has 0 atom stereocenters. The van der Waals surface area contributed by atoms with Crippen LogP contribution in [0.4, 0.5) is 15.8 Å². The number of aromatic nitrogens is 6. The van der Waals surface area contributed by atoms with Crippen molar-refractivity contribution >= 4 is 34.3 Å². The van der Waals surface area contributed by atoms with Gasteiger partial charge in [-0.15, -0.1) is 0 Å². The number of carbonyl (C=O) groups is 2. The number of hydrogen-bond acceptors (Lipinski definition) is 8. The van der Waals surface area contributed by atoms with E-state index in [-0.39, 0.29) is 23.1 Å². The van der Waals surface area contributed by atoms with Crippen molar-refractivity contribution < 1.29 is 23.1 Å². The quantitative estimate of drug-likeness (QED) is 0.193. The maximum absolute atomic E-state index is 13.5. The van der Waals surface area contributed by atoms with E-state index >= 15 is 0 Å². The van der Waals surface area contributed by atoms with Crippen LogP contribution in [-0.2, 0) is 18.9 Å². The third-order valence-electron chi connectivity index (χ3n) is 8.07. The Morgan fingerprint density at radius 1 is 0.920 bits per heavy atom. The van der Waals surface area contributed by atoms with Crippen molar-refractivity contribution in [1.82, 2.24) is 29.1 Å². The number of ether oxygens (including phenoxy) is 1. The van der Waals surface area contributed by atoms with Crippen LogP contribution in [0.25, 0.3) is 39.2 Å². The zero-order chi connectivity index (χ0) is 35.1. The number of aryl methyl sites for hydroxylation is 1. The van der Waals surface area contributed by atoms with E-state index in [0.717, 1.165) is 5.56 Å². The lowest BCUT2D eigenvalue weighted by atomic mass is 10.0. The summed E-state index contributed by atoms with van der Waals surface area (Å²) in [5, 5.41) is 10.4. The van der Waals surface area contributed by atoms with Gasteiger partial charge in [0, 0.05) is 44.2 Å². The van der Waals surface area contributed by atoms with Gasteiger partial charge >= 0.3 is 0 Å². The van der Waals surface area contributed by atoms with E-state index in [0.29, 0.717) is 50.8 Å². The van der Waals surface area contributed by atoms with E-state index in [9.17, 15) is 18.8 Å². The molecule has 0 spiro atoms. The summed E-state index contributed by atoms with van der Waals surface area (Å²) >= 11 is 0. The minimum absolute atomic E-state index is 0.0417. The minimum Gasteiger partial charge on any atom is -0.438 e. The molecule has 50 heavy (non-hydrogen) atoms. The smallest absolute Gasteiger partial charge is 0.284 e. The van der Waals surface area contributed by atoms with Gasteiger partial charge in [0.05, 0.1) is 23.1 Å². The number of rotatable bonds is 8. The van der Waals surface area contributed by atoms with Crippen LogP contribution in [0.1, 0.15) is 23.0 Å². The van der Waals surface area contributed by atoms with Crippen LogP contribution in [0.15, 0.2) is 101 Å². The normalized spacial score (nSPS) is 11.1. The molecule has 0 unspecified atom stereocenters. The minimum atomic E-state index is -0.595. The lowest BCUT2D eigenvalue weighted by Gasteiger charge is -2.10. The molecular formula is C36H29FN8O5. The number of benzene rings is 3. The molecule has 250 valence electrons. The van der Waals surface area contributed by atoms with Crippen LogP contribution in [-0.4, -0.2) is 40.9 Å². The van der Waals surface area contributed by atoms with E-state index in [4.69, 9.17) is 9.15 Å². The fourth-order valence-corrected chi connectivity index (χ4v) is 5.71. The second-order valence-electron chi connectivity index (χ2n) is 11.5. The Hall–Kier alpha value is -6.83. The number of halogens is 1. The number of nitrogens with zero attached hydrogens (tertiary/aromatic N) is 6. The van der Waals surface area contributed by atoms with Crippen LogP contribution in [0.5, 0.6) is 11.6 Å². The molecule has 0 aliphatic carbocycles. The first-order chi connectivity index (χ1) is 24.1. The molecule has 7 aromatic rings. The largest absolute Gasteiger partial charge is 0.438 e. The molecule has 0 aliphatic heterocycles. The van der Waals surface area contributed by atoms with E-state index < -0.39 is 17.3 Å². The highest BCUT2D eigenvalue weighted by molar-refractivity contribution is 6.05. The van der Waals surface area contributed by atoms with Gasteiger partial charge < -0.3 is 19.8 Å². The van der Waals surface area contributed by atoms with Gasteiger partial charge in [0.1, 0.15) is 34.6 Å². The van der Waals surface area contributed by atoms with Gasteiger partial charge in [-0.25, -0.2) is 19.0 Å². The van der Waals surface area contributed by atoms with E-state index in [1.807, 2.05) is 24.4 Å². The van der Waals surface area contributed by atoms with Gasteiger partial charge in [-0.1, -0.05) is 12.1 Å². The van der Waals surface area contributed by atoms with Crippen molar-refractivity contribution in [2.75, 3.05) is 10.6 Å². The Bertz CT molecular complexity index is 2480. The van der Waals surface area contributed by atoms with Crippen molar-refractivity contribution in [2.45, 2.75) is 13.8 Å². The zero-order valence-corrected chi connectivity index (χ0v) is 27.3. The summed E-state index contributed by atoms with van der Waals surface area (Å²) in [5.74, 6) is -0.129. The number of amides is 2. The van der Waals surface area contributed by atoms with E-state index in [2.05, 4.69) is 25.7 Å². The summed E-state index contributed by atoms with van der Waals surface area (Å²) < 4.78 is 30.5. The van der Waals surface area contributed by atoms with Crippen molar-refractivity contribution in [1.29, 1.82) is 0 Å². The summed E-state index contributed by atoms with van der Waals surface area (Å²) in [7, 11) is 3.45. The molecule has 14 heteroatoms. The molecule has 4 heterocycles. The molecule has 4 aromatic heterocycles. The average Bonchev–Trinajstić information content (AvgIpc) is 3.76. The molecule has 0 aliphatic rings. The van der Waals surface area contributed by atoms with E-state index in [1.165, 1.54) is 42.2 Å². The van der Waals surface area contributed by atoms with Crippen LogP contribution in [0.2, 0.25) is 0 Å². The molecule has 3 aromatic carbocycles. The van der Waals surface area contributed by atoms with Crippen LogP contribution >= 0.6 is 0 Å². The van der Waals surface area contributed by atoms with Gasteiger partial charge in [0.25, 0.3) is 11.5 Å². The SMILES string of the molecule is CC(=O)Nc1cccc(-c2c(-c3cnn(C)c3)oc3ncnc(Oc4ccc(NC(=O)c5c(C)n(C)n(-c6ccc(F)cc6)c5=O)cc4)c23)c1. The number of hydrogen-bond donors (Lipinski definition) is 2. The molecule has 0 saturated heterocycles. The molecule has 0 saturated carbocycles. The molecule has 7 rings (SSSR count). The van der Waals surface area contributed by atoms with Gasteiger partial charge in [-0.3, -0.25) is 23.7 Å². The Kier molecular flexibility index (Phi) is 8.03. The zero-order valence-electron chi connectivity index (χ0n) is 27.3. The fraction of sp³-hybridized carbons (Fsp3) is 0.111. The molecular weight excluding hydrogens is 643 g/mol. The van der Waals surface area contributed by atoms with Gasteiger partial charge in [-0.05, 0) is 73.2 Å². The number of anilines is 2. The summed E-state index contributed by atoms with van der Waals surface area (Å²) in [6.07, 6.45) is 4.82. The highest BCUT2D eigenvalue weighted by Crippen LogP contribution is 2.44. The average molecular weight is 673 g/mol. The first-order valence-corrected chi connectivity index (χ1v) is 15.4. The van der Waals surface area contributed by atoms with Gasteiger partial charge in [-0.2, -0.15) is 5.10 Å². The topological polar surface area (TPSA) is 151 Å². The Labute approximate surface area is 283 Å². The first-order valence-electron chi connectivity index (χ1n) is 15.4. The van der Waals surface area contributed by atoms with Crippen molar-refractivity contribution in [2.24, 2.45) is 14.1 Å². The highest BCUT2D eigenvalue weighted by atomic mass is 19.1. The molecule has 0 radical (unpaired) electrons. The predicted octanol–water partition coefficient (Wildman–Crippen LogP) is 6.23. The maximum atomic E-state index is 13.5. The summed E-state index contributed by atoms with van der Waals surface area (Å²) in [5.41, 5.74) is 3.65. The molecule has 0 bridgehead atoms. The fourth-order valence-electron chi connectivity index (χ4n) is 5.71. The second-order valence-corrected chi connectivity index (χ2v) is 11.5. The third kappa shape index (κ3) is 5.89. The predicted molar refractivity (Wildman–Crippen MR) is 184 cm³/mol. The lowest BCUT2D eigenvalue weighted by Crippen LogP contribution is -2.25. The van der Waals surface area contributed by atoms with Gasteiger partial charge in [0.15, 0.2) is 0 Å². The standard InChI is InChI=1S/C36H29FN8O5/c1-20-29(36(48)45(44(20)4)27-12-8-24(37)9-13-27)33(47)42-25-10-14-28(15-11-25)49-34-31-30(22-6-5-7-26(16-22)41-21(2)46)32(23-17-40-43(3)18-23)50-35(31)39-19-38-34/h5-19H,1-4H3,(H,41,46)(H,42,47). The Balaban J connectivity index is 1.20. The Morgan fingerprint density at radius 3 is 2.38 bits per heavy atom. The molecule has 2 N–H and O–H groups in total. The van der Waals surface area contributed by atoms with Crippen molar-refractivity contribution in [3.8, 4) is 39.8 Å². The Morgan fingerprint density at radius 2 is 1.68 bits per heavy atom. The first kappa shape index (κ1) is 31.8. The van der Waals surface area contributed by atoms with Crippen molar-refractivity contribution in [3.05, 3.63) is 119 Å². The maximum Gasteiger partial charge on any atom is 0.284 e. The summed E-state index contributed by atoms with van der Waals surface area (Å²) in [4.78, 5) is 47.2. The lowest BCUT2D eigenvalue weighted by molar-refractivity contribution is -0.114.